The van der Waals surface area contributed by atoms with Crippen molar-refractivity contribution in [2.45, 2.75) is 18.1 Å². The van der Waals surface area contributed by atoms with Crippen LogP contribution in [-0.2, 0) is 17.8 Å². The molecule has 1 heterocycles. The first-order chi connectivity index (χ1) is 18.1. The Morgan fingerprint density at radius 2 is 1.62 bits per heavy atom. The molecular weight excluding hydrogens is 488 g/mol. The van der Waals surface area contributed by atoms with E-state index in [1.807, 2.05) is 66.7 Å². The van der Waals surface area contributed by atoms with Gasteiger partial charge in [0.15, 0.2) is 16.7 Å². The van der Waals surface area contributed by atoms with E-state index in [2.05, 4.69) is 15.6 Å². The monoisotopic (exact) mass is 518 g/mol. The molecular formula is C28H30N4O4S. The number of carbonyl (C=O) groups excluding carboxylic acids is 1. The first-order valence-electron chi connectivity index (χ1n) is 11.8. The Morgan fingerprint density at radius 3 is 2.38 bits per heavy atom. The van der Waals surface area contributed by atoms with Crippen LogP contribution in [-0.4, -0.2) is 49.5 Å². The van der Waals surface area contributed by atoms with Gasteiger partial charge in [-0.3, -0.25) is 4.79 Å². The summed E-state index contributed by atoms with van der Waals surface area (Å²) >= 11 is 1.31. The number of amides is 1. The summed E-state index contributed by atoms with van der Waals surface area (Å²) in [6.45, 7) is 1.12. The number of nitrogens with one attached hydrogen (secondary N) is 2. The lowest BCUT2D eigenvalue weighted by Crippen LogP contribution is -2.27. The fraction of sp³-hybridized carbons (Fsp3) is 0.250. The number of methoxy groups -OCH3 is 3. The average molecular weight is 519 g/mol. The fourth-order valence-corrected chi connectivity index (χ4v) is 4.43. The molecule has 0 fully saturated rings. The summed E-state index contributed by atoms with van der Waals surface area (Å²) in [5.41, 5.74) is 2.98. The van der Waals surface area contributed by atoms with Crippen LogP contribution in [0.25, 0.3) is 10.9 Å². The Labute approximate surface area is 220 Å². The maximum Gasteiger partial charge on any atom is 0.230 e. The molecule has 0 saturated heterocycles. The largest absolute Gasteiger partial charge is 0.497 e. The van der Waals surface area contributed by atoms with Crippen molar-refractivity contribution >= 4 is 34.4 Å². The maximum atomic E-state index is 12.5. The molecule has 1 amide bonds. The molecule has 3 aromatic carbocycles. The number of para-hydroxylation sites is 1. The summed E-state index contributed by atoms with van der Waals surface area (Å²) in [6, 6.07) is 21.5. The highest BCUT2D eigenvalue weighted by atomic mass is 32.2. The number of hydrogen-bond donors (Lipinski definition) is 2. The van der Waals surface area contributed by atoms with Gasteiger partial charge in [0.25, 0.3) is 0 Å². The minimum atomic E-state index is -0.0741. The Morgan fingerprint density at radius 1 is 0.865 bits per heavy atom. The number of fused-ring (bicyclic) bond motifs is 1. The van der Waals surface area contributed by atoms with Crippen LogP contribution in [0.3, 0.4) is 0 Å². The van der Waals surface area contributed by atoms with Crippen LogP contribution in [0.15, 0.2) is 71.9 Å². The molecule has 0 aliphatic rings. The summed E-state index contributed by atoms with van der Waals surface area (Å²) in [5, 5.41) is 7.85. The van der Waals surface area contributed by atoms with E-state index in [0.717, 1.165) is 33.6 Å². The van der Waals surface area contributed by atoms with E-state index < -0.39 is 0 Å². The molecule has 9 heteroatoms. The summed E-state index contributed by atoms with van der Waals surface area (Å²) in [4.78, 5) is 21.8. The fourth-order valence-electron chi connectivity index (χ4n) is 3.75. The molecule has 0 saturated carbocycles. The molecule has 1 aromatic heterocycles. The first-order valence-corrected chi connectivity index (χ1v) is 12.8. The van der Waals surface area contributed by atoms with E-state index in [1.54, 1.807) is 21.3 Å². The first kappa shape index (κ1) is 26.1. The van der Waals surface area contributed by atoms with Crippen LogP contribution < -0.4 is 24.8 Å². The predicted octanol–water partition coefficient (Wildman–Crippen LogP) is 4.72. The number of anilines is 1. The number of nitrogens with zero attached hydrogens (tertiary/aromatic N) is 2. The van der Waals surface area contributed by atoms with Crippen LogP contribution in [0.4, 0.5) is 5.82 Å². The van der Waals surface area contributed by atoms with E-state index in [4.69, 9.17) is 19.2 Å². The van der Waals surface area contributed by atoms with Gasteiger partial charge in [0.2, 0.25) is 5.91 Å². The van der Waals surface area contributed by atoms with Gasteiger partial charge < -0.3 is 24.8 Å². The molecule has 4 rings (SSSR count). The number of carbonyl (C=O) groups is 1. The van der Waals surface area contributed by atoms with Crippen molar-refractivity contribution in [3.05, 3.63) is 77.9 Å². The number of rotatable bonds is 12. The Bertz CT molecular complexity index is 1350. The minimum absolute atomic E-state index is 0.0741. The van der Waals surface area contributed by atoms with Gasteiger partial charge in [0.1, 0.15) is 11.6 Å². The van der Waals surface area contributed by atoms with E-state index >= 15 is 0 Å². The van der Waals surface area contributed by atoms with E-state index in [-0.39, 0.29) is 11.7 Å². The predicted molar refractivity (Wildman–Crippen MR) is 147 cm³/mol. The molecule has 4 aromatic rings. The van der Waals surface area contributed by atoms with Gasteiger partial charge in [-0.15, -0.1) is 0 Å². The summed E-state index contributed by atoms with van der Waals surface area (Å²) in [7, 11) is 4.86. The quantitative estimate of drug-likeness (QED) is 0.206. The third-order valence-corrected chi connectivity index (χ3v) is 6.57. The Balaban J connectivity index is 1.34. The van der Waals surface area contributed by atoms with Crippen molar-refractivity contribution in [1.82, 2.24) is 15.3 Å². The van der Waals surface area contributed by atoms with Crippen LogP contribution in [0.5, 0.6) is 17.2 Å². The summed E-state index contributed by atoms with van der Waals surface area (Å²) in [5.74, 6) is 3.05. The van der Waals surface area contributed by atoms with Crippen LogP contribution in [0.2, 0.25) is 0 Å². The van der Waals surface area contributed by atoms with Crippen molar-refractivity contribution in [1.29, 1.82) is 0 Å². The molecule has 37 heavy (non-hydrogen) atoms. The lowest BCUT2D eigenvalue weighted by Gasteiger charge is -2.11. The zero-order valence-electron chi connectivity index (χ0n) is 21.1. The number of ether oxygens (including phenoxy) is 3. The van der Waals surface area contributed by atoms with Gasteiger partial charge in [-0.25, -0.2) is 9.97 Å². The second-order valence-electron chi connectivity index (χ2n) is 8.15. The highest BCUT2D eigenvalue weighted by Gasteiger charge is 2.11. The van der Waals surface area contributed by atoms with Crippen molar-refractivity contribution in [2.24, 2.45) is 0 Å². The van der Waals surface area contributed by atoms with Crippen LogP contribution in [0, 0.1) is 0 Å². The molecule has 0 spiro atoms. The highest BCUT2D eigenvalue weighted by molar-refractivity contribution is 7.99. The number of thioether (sulfide) groups is 1. The Hall–Kier alpha value is -3.98. The second-order valence-corrected chi connectivity index (χ2v) is 9.09. The third kappa shape index (κ3) is 7.04. The molecule has 0 aliphatic heterocycles. The van der Waals surface area contributed by atoms with E-state index in [0.29, 0.717) is 36.2 Å². The SMILES string of the molecule is COc1ccc(CNc2nc(SCC(=O)NCCc3ccc(OC)c(OC)c3)nc3ccccc23)cc1. The van der Waals surface area contributed by atoms with E-state index in [1.165, 1.54) is 11.8 Å². The Kier molecular flexibility index (Phi) is 9.04. The highest BCUT2D eigenvalue weighted by Crippen LogP contribution is 2.28. The van der Waals surface area contributed by atoms with Crippen molar-refractivity contribution in [3.63, 3.8) is 0 Å². The van der Waals surface area contributed by atoms with Gasteiger partial charge in [0, 0.05) is 18.5 Å². The minimum Gasteiger partial charge on any atom is -0.497 e. The number of aromatic nitrogens is 2. The number of benzene rings is 3. The average Bonchev–Trinajstić information content (AvgIpc) is 2.94. The standard InChI is InChI=1S/C28H30N4O4S/c1-34-21-11-8-20(9-12-21)17-30-27-22-6-4-5-7-23(22)31-28(32-27)37-18-26(33)29-15-14-19-10-13-24(35-2)25(16-19)36-3/h4-13,16H,14-15,17-18H2,1-3H3,(H,29,33)(H,30,31,32). The van der Waals surface area contributed by atoms with Gasteiger partial charge in [-0.2, -0.15) is 0 Å². The molecule has 2 N–H and O–H groups in total. The third-order valence-electron chi connectivity index (χ3n) is 5.72. The van der Waals surface area contributed by atoms with Crippen molar-refractivity contribution < 1.29 is 19.0 Å². The van der Waals surface area contributed by atoms with Gasteiger partial charge in [0.05, 0.1) is 32.6 Å². The van der Waals surface area contributed by atoms with Gasteiger partial charge >= 0.3 is 0 Å². The topological polar surface area (TPSA) is 94.6 Å². The maximum absolute atomic E-state index is 12.5. The summed E-state index contributed by atoms with van der Waals surface area (Å²) < 4.78 is 15.8. The van der Waals surface area contributed by atoms with E-state index in [9.17, 15) is 4.79 Å². The lowest BCUT2D eigenvalue weighted by molar-refractivity contribution is -0.118. The van der Waals surface area contributed by atoms with Gasteiger partial charge in [-0.05, 0) is 53.9 Å². The normalized spacial score (nSPS) is 10.7. The molecule has 0 bridgehead atoms. The van der Waals surface area contributed by atoms with Crippen molar-refractivity contribution in [3.8, 4) is 17.2 Å². The molecule has 8 nitrogen and oxygen atoms in total. The molecule has 192 valence electrons. The number of hydrogen-bond acceptors (Lipinski definition) is 8. The molecule has 0 atom stereocenters. The molecule has 0 unspecified atom stereocenters. The molecule has 0 aliphatic carbocycles. The van der Waals surface area contributed by atoms with Crippen molar-refractivity contribution in [2.75, 3.05) is 38.9 Å². The summed E-state index contributed by atoms with van der Waals surface area (Å²) in [6.07, 6.45) is 0.683. The lowest BCUT2D eigenvalue weighted by atomic mass is 10.1. The smallest absolute Gasteiger partial charge is 0.230 e. The second kappa shape index (κ2) is 12.8. The van der Waals surface area contributed by atoms with Crippen LogP contribution in [0.1, 0.15) is 11.1 Å². The zero-order chi connectivity index (χ0) is 26.0. The molecule has 0 radical (unpaired) electrons. The van der Waals surface area contributed by atoms with Gasteiger partial charge in [-0.1, -0.05) is 42.1 Å². The van der Waals surface area contributed by atoms with Crippen LogP contribution >= 0.6 is 11.8 Å². The zero-order valence-corrected chi connectivity index (χ0v) is 21.9.